The van der Waals surface area contributed by atoms with Crippen LogP contribution in [-0.4, -0.2) is 52.3 Å². The van der Waals surface area contributed by atoms with E-state index in [2.05, 4.69) is 11.9 Å². The van der Waals surface area contributed by atoms with Crippen LogP contribution in [0.4, 0.5) is 4.79 Å². The van der Waals surface area contributed by atoms with Gasteiger partial charge in [-0.2, -0.15) is 0 Å². The Kier molecular flexibility index (Phi) is 7.78. The maximum atomic E-state index is 11.9. The molecule has 0 saturated heterocycles. The maximum Gasteiger partial charge on any atom is 0.326 e. The SMILES string of the molecule is C=CCC(NC(=O)N(CCCO)C(C)C)C(=O)O. The van der Waals surface area contributed by atoms with E-state index in [9.17, 15) is 9.59 Å². The Bertz CT molecular complexity index is 292. The van der Waals surface area contributed by atoms with Gasteiger partial charge in [-0.25, -0.2) is 9.59 Å². The topological polar surface area (TPSA) is 89.9 Å². The van der Waals surface area contributed by atoms with Gasteiger partial charge in [0.1, 0.15) is 6.04 Å². The van der Waals surface area contributed by atoms with E-state index in [0.717, 1.165) is 0 Å². The number of carbonyl (C=O) groups excluding carboxylic acids is 1. The third kappa shape index (κ3) is 5.67. The van der Waals surface area contributed by atoms with Crippen LogP contribution in [-0.2, 0) is 4.79 Å². The van der Waals surface area contributed by atoms with Gasteiger partial charge in [0.2, 0.25) is 0 Å². The van der Waals surface area contributed by atoms with Gasteiger partial charge < -0.3 is 20.4 Å². The largest absolute Gasteiger partial charge is 0.480 e. The molecular weight excluding hydrogens is 236 g/mol. The average molecular weight is 258 g/mol. The van der Waals surface area contributed by atoms with Gasteiger partial charge in [-0.1, -0.05) is 6.08 Å². The van der Waals surface area contributed by atoms with Gasteiger partial charge in [-0.15, -0.1) is 6.58 Å². The van der Waals surface area contributed by atoms with Crippen LogP contribution in [0.15, 0.2) is 12.7 Å². The summed E-state index contributed by atoms with van der Waals surface area (Å²) in [6.45, 7) is 7.51. The Balaban J connectivity index is 4.55. The number of nitrogens with one attached hydrogen (secondary N) is 1. The number of carbonyl (C=O) groups is 2. The molecule has 0 heterocycles. The molecule has 2 amide bonds. The molecule has 0 fully saturated rings. The van der Waals surface area contributed by atoms with Crippen LogP contribution in [0.2, 0.25) is 0 Å². The van der Waals surface area contributed by atoms with E-state index in [1.807, 2.05) is 13.8 Å². The highest BCUT2D eigenvalue weighted by Gasteiger charge is 2.23. The molecular formula is C12H22N2O4. The van der Waals surface area contributed by atoms with E-state index in [4.69, 9.17) is 10.2 Å². The third-order valence-corrected chi connectivity index (χ3v) is 2.44. The average Bonchev–Trinajstić information content (AvgIpc) is 2.28. The lowest BCUT2D eigenvalue weighted by molar-refractivity contribution is -0.139. The molecule has 0 aromatic rings. The molecule has 0 aromatic carbocycles. The minimum Gasteiger partial charge on any atom is -0.480 e. The van der Waals surface area contributed by atoms with E-state index < -0.39 is 18.0 Å². The fraction of sp³-hybridized carbons (Fsp3) is 0.667. The number of hydrogen-bond acceptors (Lipinski definition) is 3. The van der Waals surface area contributed by atoms with E-state index in [1.165, 1.54) is 11.0 Å². The van der Waals surface area contributed by atoms with Gasteiger partial charge >= 0.3 is 12.0 Å². The number of urea groups is 1. The number of carboxylic acid groups (broad SMARTS) is 1. The number of amides is 2. The minimum absolute atomic E-state index is 0.00842. The summed E-state index contributed by atoms with van der Waals surface area (Å²) < 4.78 is 0. The normalized spacial score (nSPS) is 12.0. The number of hydrogen-bond donors (Lipinski definition) is 3. The quantitative estimate of drug-likeness (QED) is 0.562. The van der Waals surface area contributed by atoms with Crippen LogP contribution < -0.4 is 5.32 Å². The Morgan fingerprint density at radius 3 is 2.44 bits per heavy atom. The van der Waals surface area contributed by atoms with Crippen LogP contribution in [0, 0.1) is 0 Å². The molecule has 1 unspecified atom stereocenters. The van der Waals surface area contributed by atoms with E-state index >= 15 is 0 Å². The second-order valence-corrected chi connectivity index (χ2v) is 4.23. The van der Waals surface area contributed by atoms with Crippen molar-refractivity contribution in [2.75, 3.05) is 13.2 Å². The summed E-state index contributed by atoms with van der Waals surface area (Å²) in [5, 5.41) is 20.1. The van der Waals surface area contributed by atoms with Crippen molar-refractivity contribution in [1.82, 2.24) is 10.2 Å². The zero-order valence-electron chi connectivity index (χ0n) is 10.9. The summed E-state index contributed by atoms with van der Waals surface area (Å²) in [5.41, 5.74) is 0. The zero-order chi connectivity index (χ0) is 14.1. The monoisotopic (exact) mass is 258 g/mol. The van der Waals surface area contributed by atoms with Crippen molar-refractivity contribution in [1.29, 1.82) is 0 Å². The summed E-state index contributed by atoms with van der Waals surface area (Å²) in [4.78, 5) is 24.3. The number of aliphatic hydroxyl groups excluding tert-OH is 1. The summed E-state index contributed by atoms with van der Waals surface area (Å²) in [6, 6.07) is -1.46. The van der Waals surface area contributed by atoms with Crippen molar-refractivity contribution in [3.63, 3.8) is 0 Å². The maximum absolute atomic E-state index is 11.9. The molecule has 18 heavy (non-hydrogen) atoms. The summed E-state index contributed by atoms with van der Waals surface area (Å²) in [7, 11) is 0. The van der Waals surface area contributed by atoms with E-state index in [0.29, 0.717) is 13.0 Å². The highest BCUT2D eigenvalue weighted by Crippen LogP contribution is 2.03. The Morgan fingerprint density at radius 2 is 2.06 bits per heavy atom. The molecule has 0 aliphatic rings. The molecule has 0 saturated carbocycles. The Hall–Kier alpha value is -1.56. The molecule has 0 aromatic heterocycles. The van der Waals surface area contributed by atoms with Gasteiger partial charge in [0.15, 0.2) is 0 Å². The number of rotatable bonds is 8. The highest BCUT2D eigenvalue weighted by atomic mass is 16.4. The highest BCUT2D eigenvalue weighted by molar-refractivity contribution is 5.82. The minimum atomic E-state index is -1.09. The number of carboxylic acids is 1. The molecule has 0 aliphatic carbocycles. The molecule has 0 bridgehead atoms. The molecule has 6 heteroatoms. The zero-order valence-corrected chi connectivity index (χ0v) is 10.9. The first-order chi connectivity index (χ1) is 8.43. The van der Waals surface area contributed by atoms with Gasteiger partial charge in [0.05, 0.1) is 0 Å². The van der Waals surface area contributed by atoms with Crippen LogP contribution in [0.25, 0.3) is 0 Å². The smallest absolute Gasteiger partial charge is 0.326 e. The molecule has 0 radical (unpaired) electrons. The van der Waals surface area contributed by atoms with E-state index in [1.54, 1.807) is 0 Å². The Labute approximate surface area is 107 Å². The lowest BCUT2D eigenvalue weighted by Gasteiger charge is -2.28. The van der Waals surface area contributed by atoms with Crippen molar-refractivity contribution >= 4 is 12.0 Å². The second kappa shape index (κ2) is 8.52. The fourth-order valence-corrected chi connectivity index (χ4v) is 1.46. The summed E-state index contributed by atoms with van der Waals surface area (Å²) in [5.74, 6) is -1.09. The fourth-order valence-electron chi connectivity index (χ4n) is 1.46. The van der Waals surface area contributed by atoms with Crippen molar-refractivity contribution in [3.05, 3.63) is 12.7 Å². The Morgan fingerprint density at radius 1 is 1.44 bits per heavy atom. The lowest BCUT2D eigenvalue weighted by atomic mass is 10.2. The first-order valence-corrected chi connectivity index (χ1v) is 5.95. The van der Waals surface area contributed by atoms with Crippen molar-refractivity contribution in [3.8, 4) is 0 Å². The van der Waals surface area contributed by atoms with Crippen molar-refractivity contribution < 1.29 is 19.8 Å². The standard InChI is InChI=1S/C12H22N2O4/c1-4-6-10(11(16)17)13-12(18)14(9(2)3)7-5-8-15/h4,9-10,15H,1,5-8H2,2-3H3,(H,13,18)(H,16,17). The predicted octanol–water partition coefficient (Wildman–Crippen LogP) is 0.818. The molecule has 3 N–H and O–H groups in total. The predicted molar refractivity (Wildman–Crippen MR) is 68.3 cm³/mol. The molecule has 0 aliphatic heterocycles. The van der Waals surface area contributed by atoms with Gasteiger partial charge in [0, 0.05) is 19.2 Å². The third-order valence-electron chi connectivity index (χ3n) is 2.44. The van der Waals surface area contributed by atoms with E-state index in [-0.39, 0.29) is 19.1 Å². The van der Waals surface area contributed by atoms with Gasteiger partial charge in [0.25, 0.3) is 0 Å². The molecule has 104 valence electrons. The first-order valence-electron chi connectivity index (χ1n) is 5.95. The molecule has 0 spiro atoms. The van der Waals surface area contributed by atoms with Crippen molar-refractivity contribution in [2.45, 2.75) is 38.8 Å². The molecule has 1 atom stereocenters. The van der Waals surface area contributed by atoms with Crippen LogP contribution in [0.3, 0.4) is 0 Å². The molecule has 0 rings (SSSR count). The van der Waals surface area contributed by atoms with Crippen LogP contribution >= 0.6 is 0 Å². The van der Waals surface area contributed by atoms with Gasteiger partial charge in [-0.3, -0.25) is 0 Å². The summed E-state index contributed by atoms with van der Waals surface area (Å²) >= 11 is 0. The lowest BCUT2D eigenvalue weighted by Crippen LogP contribution is -2.50. The number of aliphatic carboxylic acids is 1. The van der Waals surface area contributed by atoms with Crippen LogP contribution in [0.5, 0.6) is 0 Å². The van der Waals surface area contributed by atoms with Crippen LogP contribution in [0.1, 0.15) is 26.7 Å². The number of aliphatic hydroxyl groups is 1. The first kappa shape index (κ1) is 16.4. The number of nitrogens with zero attached hydrogens (tertiary/aromatic N) is 1. The van der Waals surface area contributed by atoms with Gasteiger partial charge in [-0.05, 0) is 26.7 Å². The summed E-state index contributed by atoms with van der Waals surface area (Å²) in [6.07, 6.45) is 2.09. The van der Waals surface area contributed by atoms with Crippen molar-refractivity contribution in [2.24, 2.45) is 0 Å². The second-order valence-electron chi connectivity index (χ2n) is 4.23. The molecule has 6 nitrogen and oxygen atoms in total.